The van der Waals surface area contributed by atoms with Gasteiger partial charge in [-0.25, -0.2) is 4.98 Å². The van der Waals surface area contributed by atoms with E-state index >= 15 is 0 Å². The van der Waals surface area contributed by atoms with Gasteiger partial charge >= 0.3 is 0 Å². The molecule has 1 fully saturated rings. The predicted octanol–water partition coefficient (Wildman–Crippen LogP) is 3.94. The van der Waals surface area contributed by atoms with Crippen LogP contribution in [-0.4, -0.2) is 27.1 Å². The molecule has 1 aliphatic rings. The molecule has 1 heterocycles. The number of nitrogens with zero attached hydrogens (tertiary/aromatic N) is 2. The van der Waals surface area contributed by atoms with Gasteiger partial charge < -0.3 is 9.88 Å². The summed E-state index contributed by atoms with van der Waals surface area (Å²) in [6, 6.07) is 1.18. The topological polar surface area (TPSA) is 29.9 Å². The summed E-state index contributed by atoms with van der Waals surface area (Å²) >= 11 is 2.02. The van der Waals surface area contributed by atoms with Gasteiger partial charge in [-0.2, -0.15) is 11.8 Å². The van der Waals surface area contributed by atoms with Gasteiger partial charge in [0.05, 0.1) is 0 Å². The van der Waals surface area contributed by atoms with Crippen molar-refractivity contribution in [2.75, 3.05) is 16.8 Å². The molecule has 4 heteroatoms. The summed E-state index contributed by atoms with van der Waals surface area (Å²) in [6.07, 6.45) is 10.6. The molecule has 102 valence electrons. The molecular formula is C14H25N3S. The fraction of sp³-hybridized carbons (Fsp3) is 0.786. The first-order valence-corrected chi connectivity index (χ1v) is 8.34. The maximum absolute atomic E-state index is 4.47. The minimum atomic E-state index is 0.537. The molecule has 1 N–H and O–H groups in total. The van der Waals surface area contributed by atoms with Crippen LogP contribution in [0.5, 0.6) is 0 Å². The first-order chi connectivity index (χ1) is 8.81. The molecule has 1 saturated carbocycles. The van der Waals surface area contributed by atoms with Crippen molar-refractivity contribution >= 4 is 17.7 Å². The van der Waals surface area contributed by atoms with Crippen LogP contribution in [0, 0.1) is 0 Å². The molecular weight excluding hydrogens is 242 g/mol. The van der Waals surface area contributed by atoms with Crippen LogP contribution >= 0.6 is 11.8 Å². The summed E-state index contributed by atoms with van der Waals surface area (Å²) in [5.74, 6) is 3.51. The highest BCUT2D eigenvalue weighted by molar-refractivity contribution is 7.99. The smallest absolute Gasteiger partial charge is 0.203 e. The standard InChI is InChI=1S/C14H25N3S/c1-3-18-11-8-12(2)17-10-9-15-14(17)16-13-6-4-5-7-13/h9-10,12-13H,3-8,11H2,1-2H3,(H,15,16). The average Bonchev–Trinajstić information content (AvgIpc) is 3.01. The van der Waals surface area contributed by atoms with E-state index in [-0.39, 0.29) is 0 Å². The van der Waals surface area contributed by atoms with Crippen molar-refractivity contribution in [3.8, 4) is 0 Å². The van der Waals surface area contributed by atoms with E-state index in [9.17, 15) is 0 Å². The maximum Gasteiger partial charge on any atom is 0.203 e. The molecule has 0 aromatic carbocycles. The lowest BCUT2D eigenvalue weighted by Gasteiger charge is -2.19. The molecule has 3 nitrogen and oxygen atoms in total. The number of imidazole rings is 1. The molecule has 1 aromatic rings. The van der Waals surface area contributed by atoms with Crippen LogP contribution in [0.2, 0.25) is 0 Å². The van der Waals surface area contributed by atoms with Gasteiger partial charge in [0.2, 0.25) is 5.95 Å². The van der Waals surface area contributed by atoms with E-state index in [0.717, 1.165) is 5.95 Å². The molecule has 0 spiro atoms. The van der Waals surface area contributed by atoms with E-state index in [2.05, 4.69) is 34.9 Å². The molecule has 0 amide bonds. The zero-order valence-electron chi connectivity index (χ0n) is 11.6. The van der Waals surface area contributed by atoms with Crippen molar-refractivity contribution in [1.29, 1.82) is 0 Å². The highest BCUT2D eigenvalue weighted by atomic mass is 32.2. The predicted molar refractivity (Wildman–Crippen MR) is 80.4 cm³/mol. The van der Waals surface area contributed by atoms with E-state index in [1.165, 1.54) is 43.6 Å². The third-order valence-electron chi connectivity index (χ3n) is 3.72. The third kappa shape index (κ3) is 3.67. The molecule has 1 atom stereocenters. The van der Waals surface area contributed by atoms with Crippen LogP contribution in [0.3, 0.4) is 0 Å². The largest absolute Gasteiger partial charge is 0.353 e. The quantitative estimate of drug-likeness (QED) is 0.759. The minimum absolute atomic E-state index is 0.537. The van der Waals surface area contributed by atoms with Crippen molar-refractivity contribution in [2.45, 2.75) is 58.0 Å². The Kier molecular flexibility index (Phi) is 5.42. The number of nitrogens with one attached hydrogen (secondary N) is 1. The molecule has 0 saturated heterocycles. The van der Waals surface area contributed by atoms with Crippen molar-refractivity contribution in [2.24, 2.45) is 0 Å². The summed E-state index contributed by atoms with van der Waals surface area (Å²) in [7, 11) is 0. The van der Waals surface area contributed by atoms with Crippen LogP contribution < -0.4 is 5.32 Å². The van der Waals surface area contributed by atoms with E-state index < -0.39 is 0 Å². The molecule has 2 rings (SSSR count). The highest BCUT2D eigenvalue weighted by Crippen LogP contribution is 2.24. The van der Waals surface area contributed by atoms with Crippen molar-refractivity contribution < 1.29 is 0 Å². The number of rotatable bonds is 7. The minimum Gasteiger partial charge on any atom is -0.353 e. The maximum atomic E-state index is 4.47. The van der Waals surface area contributed by atoms with E-state index in [4.69, 9.17) is 0 Å². The van der Waals surface area contributed by atoms with E-state index in [0.29, 0.717) is 12.1 Å². The van der Waals surface area contributed by atoms with Crippen LogP contribution in [-0.2, 0) is 0 Å². The molecule has 0 aliphatic heterocycles. The van der Waals surface area contributed by atoms with Gasteiger partial charge in [-0.3, -0.25) is 0 Å². The first kappa shape index (κ1) is 13.8. The Bertz CT molecular complexity index is 345. The van der Waals surface area contributed by atoms with Gasteiger partial charge in [0.15, 0.2) is 0 Å². The Morgan fingerprint density at radius 2 is 2.28 bits per heavy atom. The van der Waals surface area contributed by atoms with Gasteiger partial charge in [0.1, 0.15) is 0 Å². The Morgan fingerprint density at radius 3 is 3.00 bits per heavy atom. The van der Waals surface area contributed by atoms with Crippen molar-refractivity contribution in [3.63, 3.8) is 0 Å². The fourth-order valence-electron chi connectivity index (χ4n) is 2.57. The van der Waals surface area contributed by atoms with Crippen LogP contribution in [0.1, 0.15) is 52.0 Å². The van der Waals surface area contributed by atoms with Crippen molar-refractivity contribution in [1.82, 2.24) is 9.55 Å². The molecule has 1 aliphatic carbocycles. The van der Waals surface area contributed by atoms with Gasteiger partial charge in [0, 0.05) is 24.5 Å². The second-order valence-electron chi connectivity index (χ2n) is 5.12. The number of hydrogen-bond donors (Lipinski definition) is 1. The van der Waals surface area contributed by atoms with Crippen LogP contribution in [0.4, 0.5) is 5.95 Å². The molecule has 1 aromatic heterocycles. The summed E-state index contributed by atoms with van der Waals surface area (Å²) in [5.41, 5.74) is 0. The van der Waals surface area contributed by atoms with Gasteiger partial charge in [-0.05, 0) is 37.7 Å². The summed E-state index contributed by atoms with van der Waals surface area (Å²) < 4.78 is 2.30. The monoisotopic (exact) mass is 267 g/mol. The van der Waals surface area contributed by atoms with Gasteiger partial charge in [-0.1, -0.05) is 19.8 Å². The lowest BCUT2D eigenvalue weighted by molar-refractivity contribution is 0.535. The number of aromatic nitrogens is 2. The Morgan fingerprint density at radius 1 is 1.50 bits per heavy atom. The number of thioether (sulfide) groups is 1. The van der Waals surface area contributed by atoms with Gasteiger partial charge in [-0.15, -0.1) is 0 Å². The molecule has 1 unspecified atom stereocenters. The highest BCUT2D eigenvalue weighted by Gasteiger charge is 2.17. The molecule has 0 radical (unpaired) electrons. The normalized spacial score (nSPS) is 18.1. The fourth-order valence-corrected chi connectivity index (χ4v) is 3.37. The van der Waals surface area contributed by atoms with E-state index in [1.54, 1.807) is 0 Å². The van der Waals surface area contributed by atoms with Crippen molar-refractivity contribution in [3.05, 3.63) is 12.4 Å². The SMILES string of the molecule is CCSCCC(C)n1ccnc1NC1CCCC1. The second-order valence-corrected chi connectivity index (χ2v) is 6.51. The summed E-state index contributed by atoms with van der Waals surface area (Å²) in [5, 5.41) is 3.61. The lowest BCUT2D eigenvalue weighted by Crippen LogP contribution is -2.19. The zero-order valence-corrected chi connectivity index (χ0v) is 12.4. The Hall–Kier alpha value is -0.640. The second kappa shape index (κ2) is 7.07. The average molecular weight is 267 g/mol. The Balaban J connectivity index is 1.89. The molecule has 0 bridgehead atoms. The molecule has 18 heavy (non-hydrogen) atoms. The van der Waals surface area contributed by atoms with Crippen LogP contribution in [0.15, 0.2) is 12.4 Å². The van der Waals surface area contributed by atoms with Crippen LogP contribution in [0.25, 0.3) is 0 Å². The summed E-state index contributed by atoms with van der Waals surface area (Å²) in [4.78, 5) is 4.47. The lowest BCUT2D eigenvalue weighted by atomic mass is 10.2. The Labute approximate surface area is 115 Å². The van der Waals surface area contributed by atoms with E-state index in [1.807, 2.05) is 18.0 Å². The summed E-state index contributed by atoms with van der Waals surface area (Å²) in [6.45, 7) is 4.51. The van der Waals surface area contributed by atoms with Gasteiger partial charge in [0.25, 0.3) is 0 Å². The number of anilines is 1. The third-order valence-corrected chi connectivity index (χ3v) is 4.65. The zero-order chi connectivity index (χ0) is 12.8. The first-order valence-electron chi connectivity index (χ1n) is 7.18. The number of hydrogen-bond acceptors (Lipinski definition) is 3.